The molecule has 1 fully saturated rings. The monoisotopic (exact) mass is 536 g/mol. The molecular formula is C31H32N6O3. The molecule has 40 heavy (non-hydrogen) atoms. The van der Waals surface area contributed by atoms with E-state index in [1.807, 2.05) is 30.3 Å². The second kappa shape index (κ2) is 13.1. The highest BCUT2D eigenvalue weighted by molar-refractivity contribution is 5.60. The van der Waals surface area contributed by atoms with Crippen molar-refractivity contribution in [1.82, 2.24) is 24.6 Å². The highest BCUT2D eigenvalue weighted by Gasteiger charge is 2.19. The predicted octanol–water partition coefficient (Wildman–Crippen LogP) is 4.02. The van der Waals surface area contributed by atoms with Gasteiger partial charge in [0.05, 0.1) is 49.5 Å². The first-order valence-corrected chi connectivity index (χ1v) is 13.5. The summed E-state index contributed by atoms with van der Waals surface area (Å²) in [7, 11) is 1.74. The van der Waals surface area contributed by atoms with Gasteiger partial charge in [-0.2, -0.15) is 10.4 Å². The third kappa shape index (κ3) is 6.97. The average Bonchev–Trinajstić information content (AvgIpc) is 3.01. The van der Waals surface area contributed by atoms with Gasteiger partial charge in [-0.15, -0.1) is 0 Å². The number of ether oxygens (including phenoxy) is 2. The van der Waals surface area contributed by atoms with Crippen LogP contribution in [-0.2, 0) is 11.3 Å². The van der Waals surface area contributed by atoms with Crippen molar-refractivity contribution in [2.45, 2.75) is 19.4 Å². The molecule has 0 atom stereocenters. The molecule has 0 bridgehead atoms. The maximum absolute atomic E-state index is 12.6. The number of piperidine rings is 1. The number of nitrogens with zero attached hydrogens (tertiary/aromatic N) is 6. The van der Waals surface area contributed by atoms with Crippen LogP contribution in [0.2, 0.25) is 0 Å². The topological polar surface area (TPSA) is 106 Å². The Bertz CT molecular complexity index is 1520. The van der Waals surface area contributed by atoms with Crippen LogP contribution in [-0.4, -0.2) is 64.6 Å². The number of hydrogen-bond donors (Lipinski definition) is 0. The van der Waals surface area contributed by atoms with E-state index in [4.69, 9.17) is 9.47 Å². The van der Waals surface area contributed by atoms with E-state index in [2.05, 4.69) is 26.0 Å². The summed E-state index contributed by atoms with van der Waals surface area (Å²) in [6.07, 6.45) is 5.66. The minimum absolute atomic E-state index is 0.205. The molecule has 0 aliphatic carbocycles. The fourth-order valence-corrected chi connectivity index (χ4v) is 4.80. The third-order valence-electron chi connectivity index (χ3n) is 7.10. The van der Waals surface area contributed by atoms with Crippen molar-refractivity contribution >= 4 is 0 Å². The van der Waals surface area contributed by atoms with Crippen molar-refractivity contribution in [1.29, 1.82) is 5.26 Å². The van der Waals surface area contributed by atoms with Crippen LogP contribution in [0.5, 0.6) is 5.75 Å². The van der Waals surface area contributed by atoms with E-state index in [9.17, 15) is 10.1 Å². The molecule has 5 rings (SSSR count). The Labute approximate surface area is 233 Å². The van der Waals surface area contributed by atoms with Crippen LogP contribution < -0.4 is 10.3 Å². The van der Waals surface area contributed by atoms with Gasteiger partial charge >= 0.3 is 0 Å². The van der Waals surface area contributed by atoms with Gasteiger partial charge in [-0.1, -0.05) is 30.3 Å². The van der Waals surface area contributed by atoms with Gasteiger partial charge in [-0.25, -0.2) is 14.6 Å². The molecule has 2 aromatic carbocycles. The molecule has 1 saturated heterocycles. The molecule has 0 spiro atoms. The molecule has 0 amide bonds. The molecular weight excluding hydrogens is 504 g/mol. The number of aromatic nitrogens is 4. The van der Waals surface area contributed by atoms with Gasteiger partial charge < -0.3 is 14.4 Å². The second-order valence-electron chi connectivity index (χ2n) is 9.94. The van der Waals surface area contributed by atoms with E-state index in [0.717, 1.165) is 55.8 Å². The van der Waals surface area contributed by atoms with Gasteiger partial charge in [0.2, 0.25) is 0 Å². The van der Waals surface area contributed by atoms with Crippen molar-refractivity contribution in [3.8, 4) is 34.5 Å². The zero-order valence-corrected chi connectivity index (χ0v) is 22.6. The summed E-state index contributed by atoms with van der Waals surface area (Å²) in [5.41, 5.74) is 3.49. The van der Waals surface area contributed by atoms with Crippen molar-refractivity contribution in [2.24, 2.45) is 5.92 Å². The second-order valence-corrected chi connectivity index (χ2v) is 9.94. The van der Waals surface area contributed by atoms with Crippen LogP contribution in [0.15, 0.2) is 77.9 Å². The Hall–Kier alpha value is -4.39. The van der Waals surface area contributed by atoms with Crippen LogP contribution in [0.25, 0.3) is 22.6 Å². The lowest BCUT2D eigenvalue weighted by Crippen LogP contribution is -2.37. The van der Waals surface area contributed by atoms with Gasteiger partial charge in [0.25, 0.3) is 5.56 Å². The molecule has 204 valence electrons. The Morgan fingerprint density at radius 1 is 1.00 bits per heavy atom. The number of nitriles is 1. The molecule has 1 aliphatic heterocycles. The maximum atomic E-state index is 12.6. The smallest absolute Gasteiger partial charge is 0.267 e. The SMILES string of the molecule is COCCN1CCC(COc2cnc(-c3cccc(Cn4nc(-c5cccc(C#N)c5)ccc4=O)c3)nc2)CC1. The van der Waals surface area contributed by atoms with Crippen LogP contribution in [0.4, 0.5) is 0 Å². The number of rotatable bonds is 10. The van der Waals surface area contributed by atoms with E-state index in [1.165, 1.54) is 10.7 Å². The Morgan fingerprint density at radius 3 is 2.55 bits per heavy atom. The number of benzene rings is 2. The van der Waals surface area contributed by atoms with E-state index >= 15 is 0 Å². The lowest BCUT2D eigenvalue weighted by atomic mass is 9.98. The van der Waals surface area contributed by atoms with Gasteiger partial charge in [-0.3, -0.25) is 4.79 Å². The zero-order valence-electron chi connectivity index (χ0n) is 22.6. The summed E-state index contributed by atoms with van der Waals surface area (Å²) < 4.78 is 12.6. The van der Waals surface area contributed by atoms with Gasteiger partial charge in [0.1, 0.15) is 0 Å². The van der Waals surface area contributed by atoms with E-state index in [0.29, 0.717) is 41.9 Å². The van der Waals surface area contributed by atoms with E-state index in [-0.39, 0.29) is 5.56 Å². The lowest BCUT2D eigenvalue weighted by molar-refractivity contribution is 0.105. The Kier molecular flexibility index (Phi) is 8.91. The van der Waals surface area contributed by atoms with Gasteiger partial charge in [-0.05, 0) is 61.7 Å². The molecule has 0 N–H and O–H groups in total. The molecule has 4 aromatic rings. The molecule has 0 radical (unpaired) electrons. The van der Waals surface area contributed by atoms with E-state index in [1.54, 1.807) is 43.8 Å². The molecule has 3 heterocycles. The number of methoxy groups -OCH3 is 1. The molecule has 9 nitrogen and oxygen atoms in total. The molecule has 0 unspecified atom stereocenters. The molecule has 1 aliphatic rings. The first-order valence-electron chi connectivity index (χ1n) is 13.5. The highest BCUT2D eigenvalue weighted by Crippen LogP contribution is 2.22. The fourth-order valence-electron chi connectivity index (χ4n) is 4.80. The number of likely N-dealkylation sites (tertiary alicyclic amines) is 1. The molecule has 9 heteroatoms. The van der Waals surface area contributed by atoms with Crippen LogP contribution in [0.3, 0.4) is 0 Å². The minimum Gasteiger partial charge on any atom is -0.490 e. The van der Waals surface area contributed by atoms with Gasteiger partial charge in [0.15, 0.2) is 11.6 Å². The summed E-state index contributed by atoms with van der Waals surface area (Å²) >= 11 is 0. The highest BCUT2D eigenvalue weighted by atomic mass is 16.5. The zero-order chi connectivity index (χ0) is 27.7. The maximum Gasteiger partial charge on any atom is 0.267 e. The van der Waals surface area contributed by atoms with Crippen molar-refractivity contribution < 1.29 is 9.47 Å². The van der Waals surface area contributed by atoms with Crippen LogP contribution in [0, 0.1) is 17.2 Å². The molecule has 2 aromatic heterocycles. The standard InChI is InChI=1S/C31H32N6O3/c1-39-15-14-36-12-10-23(11-13-36)22-40-28-19-33-31(34-20-28)27-7-3-5-25(17-27)21-37-30(38)9-8-29(35-37)26-6-2-4-24(16-26)18-32/h2-9,16-17,19-20,23H,10-15,21-22H2,1H3. The third-order valence-corrected chi connectivity index (χ3v) is 7.10. The number of hydrogen-bond acceptors (Lipinski definition) is 8. The largest absolute Gasteiger partial charge is 0.490 e. The first kappa shape index (κ1) is 27.2. The summed E-state index contributed by atoms with van der Waals surface area (Å²) in [5.74, 6) is 1.78. The summed E-state index contributed by atoms with van der Waals surface area (Å²) in [6.45, 7) is 4.86. The quantitative estimate of drug-likeness (QED) is 0.299. The summed E-state index contributed by atoms with van der Waals surface area (Å²) in [5, 5.41) is 13.7. The Balaban J connectivity index is 1.21. The summed E-state index contributed by atoms with van der Waals surface area (Å²) in [4.78, 5) is 24.0. The van der Waals surface area contributed by atoms with Crippen molar-refractivity contribution in [2.75, 3.05) is 40.0 Å². The van der Waals surface area contributed by atoms with Crippen LogP contribution >= 0.6 is 0 Å². The average molecular weight is 537 g/mol. The molecule has 0 saturated carbocycles. The summed E-state index contributed by atoms with van der Waals surface area (Å²) in [6, 6.07) is 20.2. The van der Waals surface area contributed by atoms with E-state index < -0.39 is 0 Å². The van der Waals surface area contributed by atoms with Crippen molar-refractivity contribution in [3.05, 3.63) is 94.5 Å². The minimum atomic E-state index is -0.205. The first-order chi connectivity index (χ1) is 19.6. The van der Waals surface area contributed by atoms with Gasteiger partial charge in [0, 0.05) is 30.8 Å². The predicted molar refractivity (Wildman–Crippen MR) is 152 cm³/mol. The van der Waals surface area contributed by atoms with Crippen LogP contribution in [0.1, 0.15) is 24.0 Å². The normalized spacial score (nSPS) is 14.1. The Morgan fingerprint density at radius 2 is 1.77 bits per heavy atom. The lowest BCUT2D eigenvalue weighted by Gasteiger charge is -2.31. The van der Waals surface area contributed by atoms with Crippen molar-refractivity contribution in [3.63, 3.8) is 0 Å². The fraction of sp³-hybridized carbons (Fsp3) is 0.323.